The average Bonchev–Trinajstić information content (AvgIpc) is 3.19. The fourth-order valence-electron chi connectivity index (χ4n) is 2.33. The van der Waals surface area contributed by atoms with E-state index in [1.807, 2.05) is 31.2 Å². The van der Waals surface area contributed by atoms with Crippen LogP contribution in [-0.4, -0.2) is 22.9 Å². The monoisotopic (exact) mass is 348 g/mol. The Kier molecular flexibility index (Phi) is 5.08. The van der Waals surface area contributed by atoms with Gasteiger partial charge in [0.05, 0.1) is 18.0 Å². The molecule has 2 heterocycles. The first kappa shape index (κ1) is 16.1. The van der Waals surface area contributed by atoms with E-state index in [9.17, 15) is 4.79 Å². The van der Waals surface area contributed by atoms with Gasteiger partial charge in [0.1, 0.15) is 5.76 Å². The molecule has 120 valence electrons. The van der Waals surface area contributed by atoms with Crippen molar-refractivity contribution in [1.82, 2.24) is 0 Å². The van der Waals surface area contributed by atoms with E-state index in [-0.39, 0.29) is 11.9 Å². The lowest BCUT2D eigenvalue weighted by atomic mass is 10.2. The second-order valence-corrected chi connectivity index (χ2v) is 6.78. The maximum Gasteiger partial charge on any atom is 0.233 e. The summed E-state index contributed by atoms with van der Waals surface area (Å²) < 4.78 is 5.30. The molecular formula is C17H17ClN2O2S. The zero-order valence-electron chi connectivity index (χ0n) is 12.7. The molecule has 0 bridgehead atoms. The number of aliphatic imine (C=N–C) groups is 1. The van der Waals surface area contributed by atoms with E-state index < -0.39 is 0 Å². The highest BCUT2D eigenvalue weighted by Gasteiger charge is 2.26. The van der Waals surface area contributed by atoms with Crippen molar-refractivity contribution in [3.63, 3.8) is 0 Å². The molecule has 23 heavy (non-hydrogen) atoms. The third-order valence-corrected chi connectivity index (χ3v) is 4.92. The Labute approximate surface area is 144 Å². The summed E-state index contributed by atoms with van der Waals surface area (Å²) in [7, 11) is 0. The Morgan fingerprint density at radius 2 is 2.17 bits per heavy atom. The standard InChI is InChI=1S/C17H17ClN2O2S/c1-12-11-23-17(19-12)20(14-6-4-13(18)5-7-14)16(21)9-8-15-3-2-10-22-15/h2-7,10,12H,8-9,11H2,1H3/t12-/m0/s1. The normalized spacial score (nSPS) is 17.1. The predicted octanol–water partition coefficient (Wildman–Crippen LogP) is 4.39. The second kappa shape index (κ2) is 7.23. The molecule has 4 nitrogen and oxygen atoms in total. The van der Waals surface area contributed by atoms with E-state index in [4.69, 9.17) is 16.0 Å². The number of benzene rings is 1. The van der Waals surface area contributed by atoms with E-state index >= 15 is 0 Å². The molecule has 6 heteroatoms. The van der Waals surface area contributed by atoms with E-state index in [0.29, 0.717) is 17.9 Å². The number of carbonyl (C=O) groups excluding carboxylic acids is 1. The first-order valence-electron chi connectivity index (χ1n) is 7.45. The minimum Gasteiger partial charge on any atom is -0.469 e. The number of carbonyl (C=O) groups is 1. The molecule has 0 saturated carbocycles. The van der Waals surface area contributed by atoms with Crippen LogP contribution in [0.4, 0.5) is 5.69 Å². The third kappa shape index (κ3) is 3.98. The molecule has 0 saturated heterocycles. The number of rotatable bonds is 4. The minimum atomic E-state index is 0.00377. The lowest BCUT2D eigenvalue weighted by Crippen LogP contribution is -2.34. The largest absolute Gasteiger partial charge is 0.469 e. The summed E-state index contributed by atoms with van der Waals surface area (Å²) in [6, 6.07) is 11.2. The zero-order valence-corrected chi connectivity index (χ0v) is 14.3. The number of halogens is 1. The van der Waals surface area contributed by atoms with E-state index in [1.165, 1.54) is 0 Å². The van der Waals surface area contributed by atoms with Crippen LogP contribution in [0.15, 0.2) is 52.1 Å². The fourth-order valence-corrected chi connectivity index (χ4v) is 3.51. The van der Waals surface area contributed by atoms with Gasteiger partial charge in [0, 0.05) is 23.6 Å². The maximum atomic E-state index is 12.8. The Balaban J connectivity index is 1.81. The highest BCUT2D eigenvalue weighted by Crippen LogP contribution is 2.27. The van der Waals surface area contributed by atoms with E-state index in [2.05, 4.69) is 4.99 Å². The number of amides is 1. The van der Waals surface area contributed by atoms with Crippen LogP contribution >= 0.6 is 23.4 Å². The molecule has 1 aromatic heterocycles. The van der Waals surface area contributed by atoms with Gasteiger partial charge in [-0.3, -0.25) is 14.7 Å². The topological polar surface area (TPSA) is 45.8 Å². The molecule has 1 aromatic carbocycles. The Morgan fingerprint density at radius 3 is 2.78 bits per heavy atom. The second-order valence-electron chi connectivity index (χ2n) is 5.36. The molecule has 0 radical (unpaired) electrons. The lowest BCUT2D eigenvalue weighted by Gasteiger charge is -2.22. The van der Waals surface area contributed by atoms with E-state index in [0.717, 1.165) is 22.4 Å². The average molecular weight is 349 g/mol. The van der Waals surface area contributed by atoms with Crippen LogP contribution in [0.1, 0.15) is 19.1 Å². The highest BCUT2D eigenvalue weighted by atomic mass is 35.5. The summed E-state index contributed by atoms with van der Waals surface area (Å²) in [5.41, 5.74) is 0.791. The van der Waals surface area contributed by atoms with Crippen LogP contribution in [0.2, 0.25) is 5.02 Å². The van der Waals surface area contributed by atoms with Crippen molar-refractivity contribution >= 4 is 40.1 Å². The van der Waals surface area contributed by atoms with Gasteiger partial charge in [-0.25, -0.2) is 0 Å². The van der Waals surface area contributed by atoms with Crippen molar-refractivity contribution in [2.75, 3.05) is 10.7 Å². The summed E-state index contributed by atoms with van der Waals surface area (Å²) in [6.07, 6.45) is 2.56. The van der Waals surface area contributed by atoms with Crippen LogP contribution in [0.5, 0.6) is 0 Å². The summed E-state index contributed by atoms with van der Waals surface area (Å²) in [4.78, 5) is 19.0. The van der Waals surface area contributed by atoms with Crippen molar-refractivity contribution in [2.45, 2.75) is 25.8 Å². The molecule has 0 N–H and O–H groups in total. The van der Waals surface area contributed by atoms with E-state index in [1.54, 1.807) is 35.1 Å². The van der Waals surface area contributed by atoms with Crippen LogP contribution in [0.3, 0.4) is 0 Å². The first-order valence-corrected chi connectivity index (χ1v) is 8.81. The van der Waals surface area contributed by atoms with Gasteiger partial charge in [-0.15, -0.1) is 0 Å². The Morgan fingerprint density at radius 1 is 1.39 bits per heavy atom. The number of aryl methyl sites for hydroxylation is 1. The minimum absolute atomic E-state index is 0.00377. The zero-order chi connectivity index (χ0) is 16.2. The van der Waals surface area contributed by atoms with Gasteiger partial charge in [0.25, 0.3) is 0 Å². The van der Waals surface area contributed by atoms with Crippen molar-refractivity contribution < 1.29 is 9.21 Å². The van der Waals surface area contributed by atoms with Crippen LogP contribution < -0.4 is 4.90 Å². The third-order valence-electron chi connectivity index (χ3n) is 3.48. The quantitative estimate of drug-likeness (QED) is 0.823. The number of hydrogen-bond donors (Lipinski definition) is 0. The van der Waals surface area contributed by atoms with Gasteiger partial charge in [-0.05, 0) is 43.3 Å². The summed E-state index contributed by atoms with van der Waals surface area (Å²) in [5, 5.41) is 1.40. The molecule has 2 aromatic rings. The molecule has 0 fully saturated rings. The van der Waals surface area contributed by atoms with Gasteiger partial charge in [-0.2, -0.15) is 0 Å². The summed E-state index contributed by atoms with van der Waals surface area (Å²) >= 11 is 7.56. The highest BCUT2D eigenvalue weighted by molar-refractivity contribution is 8.14. The fraction of sp³-hybridized carbons (Fsp3) is 0.294. The molecule has 0 aliphatic carbocycles. The smallest absolute Gasteiger partial charge is 0.233 e. The maximum absolute atomic E-state index is 12.8. The number of hydrogen-bond acceptors (Lipinski definition) is 4. The van der Waals surface area contributed by atoms with Gasteiger partial charge < -0.3 is 4.42 Å². The van der Waals surface area contributed by atoms with Gasteiger partial charge in [0.2, 0.25) is 5.91 Å². The van der Waals surface area contributed by atoms with Crippen molar-refractivity contribution in [3.8, 4) is 0 Å². The molecule has 0 spiro atoms. The Hall–Kier alpha value is -1.72. The number of amidine groups is 1. The van der Waals surface area contributed by atoms with Crippen molar-refractivity contribution in [2.24, 2.45) is 4.99 Å². The number of nitrogens with zero attached hydrogens (tertiary/aromatic N) is 2. The number of thioether (sulfide) groups is 1. The first-order chi connectivity index (χ1) is 11.1. The summed E-state index contributed by atoms with van der Waals surface area (Å²) in [6.45, 7) is 2.05. The van der Waals surface area contributed by atoms with Crippen LogP contribution in [0, 0.1) is 0 Å². The molecule has 1 aliphatic rings. The van der Waals surface area contributed by atoms with Gasteiger partial charge in [-0.1, -0.05) is 23.4 Å². The SMILES string of the molecule is C[C@H]1CSC(N(C(=O)CCc2ccco2)c2ccc(Cl)cc2)=N1. The number of furan rings is 1. The Bertz CT molecular complexity index is 698. The molecule has 1 atom stereocenters. The predicted molar refractivity (Wildman–Crippen MR) is 95.3 cm³/mol. The molecule has 0 unspecified atom stereocenters. The molecule has 1 aliphatic heterocycles. The summed E-state index contributed by atoms with van der Waals surface area (Å²) in [5.74, 6) is 1.71. The van der Waals surface area contributed by atoms with Crippen LogP contribution in [0.25, 0.3) is 0 Å². The van der Waals surface area contributed by atoms with Crippen molar-refractivity contribution in [3.05, 3.63) is 53.4 Å². The van der Waals surface area contributed by atoms with Crippen LogP contribution in [-0.2, 0) is 11.2 Å². The lowest BCUT2D eigenvalue weighted by molar-refractivity contribution is -0.117. The molecule has 3 rings (SSSR count). The number of anilines is 1. The molecule has 1 amide bonds. The van der Waals surface area contributed by atoms with Crippen molar-refractivity contribution in [1.29, 1.82) is 0 Å². The van der Waals surface area contributed by atoms with Gasteiger partial charge >= 0.3 is 0 Å². The molecular weight excluding hydrogens is 332 g/mol. The van der Waals surface area contributed by atoms with Gasteiger partial charge in [0.15, 0.2) is 5.17 Å².